The average Bonchev–Trinajstić information content (AvgIpc) is 2.53. The molecule has 0 aromatic carbocycles. The van der Waals surface area contributed by atoms with Crippen LogP contribution in [-0.2, 0) is 4.74 Å². The summed E-state index contributed by atoms with van der Waals surface area (Å²) in [5.74, 6) is 4.06. The number of quaternary nitrogens is 1. The lowest BCUT2D eigenvalue weighted by Gasteiger charge is -2.45. The fourth-order valence-electron chi connectivity index (χ4n) is 3.82. The van der Waals surface area contributed by atoms with Crippen LogP contribution < -0.4 is 10.2 Å². The fourth-order valence-corrected chi connectivity index (χ4v) is 3.82. The Morgan fingerprint density at radius 3 is 2.90 bits per heavy atom. The molecular formula is C15H24N3O2+. The van der Waals surface area contributed by atoms with Crippen molar-refractivity contribution in [2.75, 3.05) is 45.9 Å². The minimum Gasteiger partial charge on any atom is -0.378 e. The number of hydrogen-bond donors (Lipinski definition) is 2. The minimum atomic E-state index is 0.0591. The lowest BCUT2D eigenvalue weighted by atomic mass is 9.76. The van der Waals surface area contributed by atoms with E-state index >= 15 is 0 Å². The Kier molecular flexibility index (Phi) is 4.13. The van der Waals surface area contributed by atoms with Gasteiger partial charge in [0.25, 0.3) is 0 Å². The summed E-state index contributed by atoms with van der Waals surface area (Å²) >= 11 is 0. The molecule has 2 amide bonds. The smallest absolute Gasteiger partial charge is 0.317 e. The predicted octanol–water partition coefficient (Wildman–Crippen LogP) is -1.05. The maximum atomic E-state index is 12.1. The van der Waals surface area contributed by atoms with Gasteiger partial charge in [0.15, 0.2) is 0 Å². The highest BCUT2D eigenvalue weighted by molar-refractivity contribution is 5.74. The molecule has 1 unspecified atom stereocenters. The second kappa shape index (κ2) is 6.02. The SMILES string of the molecule is C#C[C@H]1C[NH+]2CC[C@@H]1C[C@@H]2CNC(=O)N1CCOCC1. The summed E-state index contributed by atoms with van der Waals surface area (Å²) in [5, 5.41) is 3.10. The van der Waals surface area contributed by atoms with Gasteiger partial charge in [0.2, 0.25) is 0 Å². The van der Waals surface area contributed by atoms with Crippen molar-refractivity contribution in [2.24, 2.45) is 11.8 Å². The number of urea groups is 1. The number of fused-ring (bicyclic) bond motifs is 3. The maximum Gasteiger partial charge on any atom is 0.317 e. The molecule has 0 saturated carbocycles. The summed E-state index contributed by atoms with van der Waals surface area (Å²) in [6.45, 7) is 5.78. The molecule has 4 fully saturated rings. The monoisotopic (exact) mass is 278 g/mol. The van der Waals surface area contributed by atoms with Crippen LogP contribution in [0.15, 0.2) is 0 Å². The Hall–Kier alpha value is -1.25. The third-order valence-corrected chi connectivity index (χ3v) is 5.06. The van der Waals surface area contributed by atoms with Crippen LogP contribution in [0.2, 0.25) is 0 Å². The van der Waals surface area contributed by atoms with E-state index in [-0.39, 0.29) is 6.03 Å². The van der Waals surface area contributed by atoms with E-state index in [0.29, 0.717) is 44.2 Å². The van der Waals surface area contributed by atoms with Crippen LogP contribution in [0.1, 0.15) is 12.8 Å². The van der Waals surface area contributed by atoms with Crippen LogP contribution in [0, 0.1) is 24.2 Å². The molecule has 0 spiro atoms. The Morgan fingerprint density at radius 2 is 2.25 bits per heavy atom. The van der Waals surface area contributed by atoms with Gasteiger partial charge in [-0.2, -0.15) is 0 Å². The molecule has 0 aliphatic carbocycles. The highest BCUT2D eigenvalue weighted by Crippen LogP contribution is 2.26. The number of rotatable bonds is 2. The van der Waals surface area contributed by atoms with Gasteiger partial charge in [-0.1, -0.05) is 5.92 Å². The van der Waals surface area contributed by atoms with Crippen LogP contribution in [0.25, 0.3) is 0 Å². The maximum absolute atomic E-state index is 12.1. The lowest BCUT2D eigenvalue weighted by Crippen LogP contribution is -3.20. The fraction of sp³-hybridized carbons (Fsp3) is 0.800. The molecule has 4 rings (SSSR count). The minimum absolute atomic E-state index is 0.0591. The van der Waals surface area contributed by atoms with Gasteiger partial charge in [0.05, 0.1) is 38.8 Å². The second-order valence-corrected chi connectivity index (χ2v) is 6.15. The molecule has 2 N–H and O–H groups in total. The summed E-state index contributed by atoms with van der Waals surface area (Å²) in [5.41, 5.74) is 0. The Morgan fingerprint density at radius 1 is 1.45 bits per heavy atom. The lowest BCUT2D eigenvalue weighted by molar-refractivity contribution is -0.943. The number of piperidine rings is 3. The van der Waals surface area contributed by atoms with E-state index in [4.69, 9.17) is 11.2 Å². The van der Waals surface area contributed by atoms with Crippen molar-refractivity contribution in [1.29, 1.82) is 0 Å². The van der Waals surface area contributed by atoms with Crippen molar-refractivity contribution in [3.8, 4) is 12.3 Å². The molecule has 5 nitrogen and oxygen atoms in total. The molecule has 0 radical (unpaired) electrons. The molecule has 4 atom stereocenters. The van der Waals surface area contributed by atoms with E-state index in [1.165, 1.54) is 13.0 Å². The predicted molar refractivity (Wildman–Crippen MR) is 75.3 cm³/mol. The van der Waals surface area contributed by atoms with Gasteiger partial charge in [-0.15, -0.1) is 6.42 Å². The molecule has 110 valence electrons. The van der Waals surface area contributed by atoms with E-state index in [0.717, 1.165) is 19.5 Å². The Labute approximate surface area is 120 Å². The largest absolute Gasteiger partial charge is 0.378 e. The first-order chi connectivity index (χ1) is 9.78. The molecule has 4 heterocycles. The Bertz CT molecular complexity index is 400. The zero-order valence-electron chi connectivity index (χ0n) is 11.9. The van der Waals surface area contributed by atoms with Gasteiger partial charge < -0.3 is 19.9 Å². The van der Waals surface area contributed by atoms with E-state index < -0.39 is 0 Å². The topological polar surface area (TPSA) is 46.0 Å². The number of hydrogen-bond acceptors (Lipinski definition) is 2. The first-order valence-electron chi connectivity index (χ1n) is 7.69. The molecule has 4 aliphatic rings. The number of terminal acetylenes is 1. The van der Waals surface area contributed by atoms with E-state index in [2.05, 4.69) is 11.2 Å². The van der Waals surface area contributed by atoms with E-state index in [9.17, 15) is 4.79 Å². The van der Waals surface area contributed by atoms with Crippen molar-refractivity contribution in [3.63, 3.8) is 0 Å². The van der Waals surface area contributed by atoms with E-state index in [1.54, 1.807) is 4.90 Å². The number of morpholine rings is 1. The average molecular weight is 278 g/mol. The van der Waals surface area contributed by atoms with Gasteiger partial charge in [0, 0.05) is 25.9 Å². The highest BCUT2D eigenvalue weighted by Gasteiger charge is 2.42. The summed E-state index contributed by atoms with van der Waals surface area (Å²) < 4.78 is 5.26. The number of ether oxygens (including phenoxy) is 1. The van der Waals surface area contributed by atoms with Gasteiger partial charge in [-0.25, -0.2) is 4.79 Å². The van der Waals surface area contributed by atoms with Crippen LogP contribution in [0.5, 0.6) is 0 Å². The first kappa shape index (κ1) is 13.7. The van der Waals surface area contributed by atoms with Crippen molar-refractivity contribution in [2.45, 2.75) is 18.9 Å². The highest BCUT2D eigenvalue weighted by atomic mass is 16.5. The number of amides is 2. The standard InChI is InChI=1S/C15H23N3O2/c1-2-12-11-18-4-3-13(12)9-14(18)10-16-15(19)17-5-7-20-8-6-17/h1,12-14H,3-11H2,(H,16,19)/p+1/t12-,13+,14+/m0/s1. The van der Waals surface area contributed by atoms with Crippen molar-refractivity contribution in [3.05, 3.63) is 0 Å². The second-order valence-electron chi connectivity index (χ2n) is 6.15. The number of nitrogens with one attached hydrogen (secondary N) is 2. The van der Waals surface area contributed by atoms with Crippen LogP contribution in [0.4, 0.5) is 4.79 Å². The zero-order valence-corrected chi connectivity index (χ0v) is 11.9. The first-order valence-corrected chi connectivity index (χ1v) is 7.69. The molecule has 2 bridgehead atoms. The van der Waals surface area contributed by atoms with Gasteiger partial charge in [-0.3, -0.25) is 0 Å². The van der Waals surface area contributed by atoms with Crippen LogP contribution in [0.3, 0.4) is 0 Å². The molecule has 0 aromatic rings. The summed E-state index contributed by atoms with van der Waals surface area (Å²) in [6.07, 6.45) is 8.01. The normalized spacial score (nSPS) is 36.5. The van der Waals surface area contributed by atoms with Crippen molar-refractivity contribution >= 4 is 6.03 Å². The molecule has 4 aliphatic heterocycles. The van der Waals surface area contributed by atoms with Gasteiger partial charge in [-0.05, 0) is 5.92 Å². The van der Waals surface area contributed by atoms with Crippen LogP contribution >= 0.6 is 0 Å². The number of carbonyl (C=O) groups is 1. The summed E-state index contributed by atoms with van der Waals surface area (Å²) in [4.78, 5) is 15.5. The van der Waals surface area contributed by atoms with E-state index in [1.807, 2.05) is 4.90 Å². The summed E-state index contributed by atoms with van der Waals surface area (Å²) in [7, 11) is 0. The van der Waals surface area contributed by atoms with Crippen LogP contribution in [-0.4, -0.2) is 62.9 Å². The zero-order chi connectivity index (χ0) is 13.9. The molecular weight excluding hydrogens is 254 g/mol. The number of carbonyl (C=O) groups excluding carboxylic acids is 1. The molecule has 4 saturated heterocycles. The third-order valence-electron chi connectivity index (χ3n) is 5.06. The van der Waals surface area contributed by atoms with Gasteiger partial charge >= 0.3 is 6.03 Å². The third kappa shape index (κ3) is 2.77. The van der Waals surface area contributed by atoms with Crippen molar-refractivity contribution in [1.82, 2.24) is 10.2 Å². The molecule has 0 aromatic heterocycles. The molecule has 20 heavy (non-hydrogen) atoms. The quantitative estimate of drug-likeness (QED) is 0.634. The number of nitrogens with zero attached hydrogens (tertiary/aromatic N) is 1. The van der Waals surface area contributed by atoms with Crippen molar-refractivity contribution < 1.29 is 14.4 Å². The van der Waals surface area contributed by atoms with Gasteiger partial charge in [0.1, 0.15) is 6.04 Å². The summed E-state index contributed by atoms with van der Waals surface area (Å²) in [6, 6.07) is 0.604. The molecule has 5 heteroatoms. The Balaban J connectivity index is 1.47.